The number of hydrogen-bond donors (Lipinski definition) is 0. The molecule has 0 spiro atoms. The number of benzene rings is 2. The van der Waals surface area contributed by atoms with E-state index in [1.165, 1.54) is 0 Å². The molecule has 5 rings (SSSR count). The molecule has 6 nitrogen and oxygen atoms in total. The third-order valence-corrected chi connectivity index (χ3v) is 4.89. The van der Waals surface area contributed by atoms with Crippen LogP contribution in [0, 0.1) is 0 Å². The van der Waals surface area contributed by atoms with Crippen LogP contribution >= 0.6 is 0 Å². The van der Waals surface area contributed by atoms with Crippen molar-refractivity contribution < 1.29 is 9.47 Å². The van der Waals surface area contributed by atoms with Crippen LogP contribution in [-0.2, 0) is 6.61 Å². The van der Waals surface area contributed by atoms with Crippen molar-refractivity contribution in [3.05, 3.63) is 85.1 Å². The summed E-state index contributed by atoms with van der Waals surface area (Å²) in [6, 6.07) is 19.7. The fourth-order valence-electron chi connectivity index (χ4n) is 3.41. The molecule has 0 bridgehead atoms. The minimum atomic E-state index is 0.322. The summed E-state index contributed by atoms with van der Waals surface area (Å²) in [6.07, 6.45) is 5.07. The molecule has 0 saturated heterocycles. The molecule has 0 aliphatic carbocycles. The maximum atomic E-state index is 6.10. The first kappa shape index (κ1) is 18.0. The van der Waals surface area contributed by atoms with Gasteiger partial charge in [0.15, 0.2) is 11.5 Å². The van der Waals surface area contributed by atoms with Gasteiger partial charge in [0.1, 0.15) is 12.9 Å². The first-order chi connectivity index (χ1) is 14.8. The molecule has 0 radical (unpaired) electrons. The lowest BCUT2D eigenvalue weighted by Crippen LogP contribution is -2.01. The van der Waals surface area contributed by atoms with Crippen molar-refractivity contribution in [2.45, 2.75) is 6.61 Å². The summed E-state index contributed by atoms with van der Waals surface area (Å²) in [5, 5.41) is 1.97. The Morgan fingerprint density at radius 1 is 0.867 bits per heavy atom. The predicted molar refractivity (Wildman–Crippen MR) is 115 cm³/mol. The van der Waals surface area contributed by atoms with Gasteiger partial charge in [-0.25, -0.2) is 15.0 Å². The summed E-state index contributed by atoms with van der Waals surface area (Å²) < 4.78 is 11.6. The maximum absolute atomic E-state index is 6.10. The Kier molecular flexibility index (Phi) is 4.65. The number of hydrogen-bond acceptors (Lipinski definition) is 6. The maximum Gasteiger partial charge on any atom is 0.162 e. The van der Waals surface area contributed by atoms with Gasteiger partial charge in [0.25, 0.3) is 0 Å². The van der Waals surface area contributed by atoms with Crippen LogP contribution in [0.4, 0.5) is 0 Å². The average molecular weight is 394 g/mol. The molecule has 0 aliphatic heterocycles. The third kappa shape index (κ3) is 3.39. The van der Waals surface area contributed by atoms with Crippen LogP contribution in [0.25, 0.3) is 33.1 Å². The molecule has 0 atom stereocenters. The lowest BCUT2D eigenvalue weighted by atomic mass is 10.1. The number of pyridine rings is 2. The smallest absolute Gasteiger partial charge is 0.162 e. The van der Waals surface area contributed by atoms with E-state index < -0.39 is 0 Å². The number of methoxy groups -OCH3 is 1. The van der Waals surface area contributed by atoms with E-state index in [9.17, 15) is 0 Å². The Hall–Kier alpha value is -4.06. The minimum Gasteiger partial charge on any atom is -0.493 e. The Morgan fingerprint density at radius 2 is 1.80 bits per heavy atom. The zero-order chi connectivity index (χ0) is 20.3. The molecule has 146 valence electrons. The van der Waals surface area contributed by atoms with Crippen molar-refractivity contribution >= 4 is 21.8 Å². The monoisotopic (exact) mass is 394 g/mol. The Labute approximate surface area is 173 Å². The highest BCUT2D eigenvalue weighted by Gasteiger charge is 2.13. The summed E-state index contributed by atoms with van der Waals surface area (Å²) >= 11 is 0. The summed E-state index contributed by atoms with van der Waals surface area (Å²) in [5.74, 6) is 1.22. The molecule has 0 N–H and O–H groups in total. The quantitative estimate of drug-likeness (QED) is 0.425. The van der Waals surface area contributed by atoms with E-state index in [0.717, 1.165) is 38.8 Å². The topological polar surface area (TPSA) is 70.0 Å². The number of para-hydroxylation sites is 1. The summed E-state index contributed by atoms with van der Waals surface area (Å²) in [5.41, 5.74) is 4.27. The molecule has 5 aromatic rings. The number of nitrogens with zero attached hydrogens (tertiary/aromatic N) is 4. The zero-order valence-corrected chi connectivity index (χ0v) is 16.3. The number of ether oxygens (including phenoxy) is 2. The van der Waals surface area contributed by atoms with E-state index in [4.69, 9.17) is 9.47 Å². The number of aromatic nitrogens is 4. The van der Waals surface area contributed by atoms with Crippen LogP contribution in [0.3, 0.4) is 0 Å². The molecule has 3 heterocycles. The van der Waals surface area contributed by atoms with E-state index in [1.807, 2.05) is 60.7 Å². The van der Waals surface area contributed by atoms with Gasteiger partial charge in [0.2, 0.25) is 0 Å². The fraction of sp³-hybridized carbons (Fsp3) is 0.0833. The number of rotatable bonds is 5. The van der Waals surface area contributed by atoms with Crippen molar-refractivity contribution in [1.29, 1.82) is 0 Å². The van der Waals surface area contributed by atoms with Gasteiger partial charge in [0.05, 0.1) is 29.5 Å². The first-order valence-corrected chi connectivity index (χ1v) is 9.52. The van der Waals surface area contributed by atoms with Gasteiger partial charge in [-0.05, 0) is 30.3 Å². The lowest BCUT2D eigenvalue weighted by molar-refractivity contribution is 0.281. The van der Waals surface area contributed by atoms with Gasteiger partial charge in [-0.1, -0.05) is 24.3 Å². The Balaban J connectivity index is 1.52. The largest absolute Gasteiger partial charge is 0.493 e. The molecule has 0 amide bonds. The SMILES string of the molecule is COc1cc2ncnc(-c3cccnc3)c2cc1OCc1ccc2ccccc2n1. The van der Waals surface area contributed by atoms with Crippen molar-refractivity contribution in [3.63, 3.8) is 0 Å². The molecule has 0 saturated carbocycles. The molecule has 3 aromatic heterocycles. The van der Waals surface area contributed by atoms with Crippen molar-refractivity contribution in [2.24, 2.45) is 0 Å². The van der Waals surface area contributed by atoms with Crippen molar-refractivity contribution in [1.82, 2.24) is 19.9 Å². The summed E-state index contributed by atoms with van der Waals surface area (Å²) in [4.78, 5) is 17.7. The van der Waals surface area contributed by atoms with E-state index >= 15 is 0 Å². The molecular weight excluding hydrogens is 376 g/mol. The summed E-state index contributed by atoms with van der Waals surface area (Å²) in [7, 11) is 1.62. The van der Waals surface area contributed by atoms with E-state index in [1.54, 1.807) is 25.8 Å². The minimum absolute atomic E-state index is 0.322. The molecule has 6 heteroatoms. The molecule has 0 unspecified atom stereocenters. The van der Waals surface area contributed by atoms with Crippen LogP contribution in [-0.4, -0.2) is 27.0 Å². The highest BCUT2D eigenvalue weighted by atomic mass is 16.5. The van der Waals surface area contributed by atoms with Gasteiger partial charge in [0, 0.05) is 34.8 Å². The van der Waals surface area contributed by atoms with Crippen LogP contribution in [0.2, 0.25) is 0 Å². The Morgan fingerprint density at radius 3 is 2.67 bits per heavy atom. The Bertz CT molecular complexity index is 1340. The molecule has 30 heavy (non-hydrogen) atoms. The highest BCUT2D eigenvalue weighted by Crippen LogP contribution is 2.35. The predicted octanol–water partition coefficient (Wildman–Crippen LogP) is 4.83. The van der Waals surface area contributed by atoms with Crippen LogP contribution in [0.15, 0.2) is 79.4 Å². The second kappa shape index (κ2) is 7.75. The van der Waals surface area contributed by atoms with Gasteiger partial charge < -0.3 is 9.47 Å². The van der Waals surface area contributed by atoms with Crippen LogP contribution in [0.5, 0.6) is 11.5 Å². The van der Waals surface area contributed by atoms with Gasteiger partial charge in [-0.2, -0.15) is 0 Å². The molecule has 0 fully saturated rings. The van der Waals surface area contributed by atoms with Gasteiger partial charge in [-0.3, -0.25) is 4.98 Å². The first-order valence-electron chi connectivity index (χ1n) is 9.52. The normalized spacial score (nSPS) is 11.0. The second-order valence-corrected chi connectivity index (χ2v) is 6.77. The van der Waals surface area contributed by atoms with Crippen molar-refractivity contribution in [3.8, 4) is 22.8 Å². The van der Waals surface area contributed by atoms with Gasteiger partial charge >= 0.3 is 0 Å². The zero-order valence-electron chi connectivity index (χ0n) is 16.3. The second-order valence-electron chi connectivity index (χ2n) is 6.77. The lowest BCUT2D eigenvalue weighted by Gasteiger charge is -2.13. The van der Waals surface area contributed by atoms with E-state index in [-0.39, 0.29) is 0 Å². The van der Waals surface area contributed by atoms with E-state index in [0.29, 0.717) is 18.1 Å². The number of fused-ring (bicyclic) bond motifs is 2. The highest BCUT2D eigenvalue weighted by molar-refractivity contribution is 5.94. The molecular formula is C24H18N4O2. The van der Waals surface area contributed by atoms with Crippen molar-refractivity contribution in [2.75, 3.05) is 7.11 Å². The standard InChI is InChI=1S/C24H18N4O2/c1-29-22-12-21-19(24(27-15-26-21)17-6-4-10-25-13-17)11-23(22)30-14-18-9-8-16-5-2-3-7-20(16)28-18/h2-13,15H,14H2,1H3. The molecule has 0 aliphatic rings. The van der Waals surface area contributed by atoms with E-state index in [2.05, 4.69) is 19.9 Å². The molecule has 2 aromatic carbocycles. The van der Waals surface area contributed by atoms with Gasteiger partial charge in [-0.15, -0.1) is 0 Å². The van der Waals surface area contributed by atoms with Crippen LogP contribution < -0.4 is 9.47 Å². The fourth-order valence-corrected chi connectivity index (χ4v) is 3.41. The van der Waals surface area contributed by atoms with Crippen LogP contribution in [0.1, 0.15) is 5.69 Å². The third-order valence-electron chi connectivity index (χ3n) is 4.89. The average Bonchev–Trinajstić information content (AvgIpc) is 2.82. The summed E-state index contributed by atoms with van der Waals surface area (Å²) in [6.45, 7) is 0.322.